The third-order valence-corrected chi connectivity index (χ3v) is 10.0. The van der Waals surface area contributed by atoms with Crippen molar-refractivity contribution in [2.45, 2.75) is 12.3 Å². The molecule has 0 radical (unpaired) electrons. The van der Waals surface area contributed by atoms with Gasteiger partial charge in [0.1, 0.15) is 5.82 Å². The fraction of sp³-hybridized carbons (Fsp3) is 0.0417. The number of allylic oxidation sites excluding steroid dienone is 2. The smallest absolute Gasteiger partial charge is 0.163 e. The molecule has 0 spiro atoms. The van der Waals surface area contributed by atoms with Crippen molar-refractivity contribution < 1.29 is 0 Å². The normalized spacial score (nSPS) is 14.0. The molecule has 3 heterocycles. The second-order valence-electron chi connectivity index (χ2n) is 13.3. The summed E-state index contributed by atoms with van der Waals surface area (Å²) in [5.41, 5.74) is 10.5. The summed E-state index contributed by atoms with van der Waals surface area (Å²) in [6.45, 7) is 9.00. The highest BCUT2D eigenvalue weighted by molar-refractivity contribution is 5.93. The van der Waals surface area contributed by atoms with Crippen LogP contribution in [0.15, 0.2) is 165 Å². The lowest BCUT2D eigenvalue weighted by Gasteiger charge is -2.21. The zero-order valence-electron chi connectivity index (χ0n) is 29.1. The highest BCUT2D eigenvalue weighted by Crippen LogP contribution is 2.35. The Bertz CT molecular complexity index is 2760. The van der Waals surface area contributed by atoms with E-state index in [1.54, 1.807) is 6.20 Å². The molecule has 1 unspecified atom stereocenters. The van der Waals surface area contributed by atoms with Gasteiger partial charge in [0.05, 0.1) is 5.52 Å². The van der Waals surface area contributed by atoms with Crippen molar-refractivity contribution in [3.8, 4) is 39.6 Å². The van der Waals surface area contributed by atoms with Crippen LogP contribution in [0.1, 0.15) is 34.9 Å². The van der Waals surface area contributed by atoms with Crippen LogP contribution in [0.4, 0.5) is 0 Å². The van der Waals surface area contributed by atoms with Gasteiger partial charge in [-0.05, 0) is 70.2 Å². The predicted octanol–water partition coefficient (Wildman–Crippen LogP) is 9.66. The predicted molar refractivity (Wildman–Crippen MR) is 217 cm³/mol. The Balaban J connectivity index is 1.09. The van der Waals surface area contributed by atoms with E-state index in [9.17, 15) is 0 Å². The maximum Gasteiger partial charge on any atom is 0.163 e. The van der Waals surface area contributed by atoms with Crippen LogP contribution in [0, 0.1) is 0 Å². The highest BCUT2D eigenvalue weighted by Gasteiger charge is 2.23. The number of hydrogen-bond acceptors (Lipinski definition) is 4. The van der Waals surface area contributed by atoms with Crippen LogP contribution in [0.3, 0.4) is 0 Å². The van der Waals surface area contributed by atoms with Gasteiger partial charge in [-0.3, -0.25) is 4.98 Å². The van der Waals surface area contributed by atoms with E-state index in [1.807, 2.05) is 18.3 Å². The largest absolute Gasteiger partial charge is 0.310 e. The molecular formula is C48H35N5. The lowest BCUT2D eigenvalue weighted by molar-refractivity contribution is 0.740. The summed E-state index contributed by atoms with van der Waals surface area (Å²) in [5.74, 6) is 2.07. The summed E-state index contributed by atoms with van der Waals surface area (Å²) >= 11 is 0. The topological polar surface area (TPSA) is 56.5 Å². The number of pyridine rings is 1. The molecule has 0 amide bonds. The number of rotatable bonds is 7. The molecule has 252 valence electrons. The standard InChI is InChI=1S/C48H35N5/c1-32(30-44-33(2)53(40-15-4-3-5-16-40)45-20-9-8-18-42(44)45)34-21-25-37(26-22-34)46-50-47(38-27-23-35(24-28-38)39-14-11-29-49-31-39)52-48(51-46)43-19-10-13-36-12-6-7-17-41(36)43/h3-18,20-31,43H,1-2,19H2/b44-30+. The molecule has 1 aliphatic rings. The van der Waals surface area contributed by atoms with Gasteiger partial charge < -0.3 is 4.57 Å². The van der Waals surface area contributed by atoms with E-state index in [0.717, 1.165) is 72.8 Å². The van der Waals surface area contributed by atoms with Gasteiger partial charge in [-0.25, -0.2) is 15.0 Å². The number of nitrogens with zero attached hydrogens (tertiary/aromatic N) is 5. The molecule has 5 aromatic carbocycles. The van der Waals surface area contributed by atoms with Gasteiger partial charge in [0, 0.05) is 51.1 Å². The third kappa shape index (κ3) is 6.08. The molecule has 0 saturated carbocycles. The molecule has 5 heteroatoms. The summed E-state index contributed by atoms with van der Waals surface area (Å²) in [5, 5.41) is 3.12. The summed E-state index contributed by atoms with van der Waals surface area (Å²) in [4.78, 5) is 19.6. The number of aromatic nitrogens is 5. The van der Waals surface area contributed by atoms with Crippen molar-refractivity contribution >= 4 is 35.2 Å². The first kappa shape index (κ1) is 32.0. The Morgan fingerprint density at radius 1 is 0.660 bits per heavy atom. The average molecular weight is 682 g/mol. The molecule has 1 aliphatic carbocycles. The van der Waals surface area contributed by atoms with Crippen LogP contribution >= 0.6 is 0 Å². The van der Waals surface area contributed by atoms with Crippen LogP contribution in [-0.4, -0.2) is 24.5 Å². The maximum atomic E-state index is 5.13. The summed E-state index contributed by atoms with van der Waals surface area (Å²) < 4.78 is 2.21. The summed E-state index contributed by atoms with van der Waals surface area (Å²) in [7, 11) is 0. The molecule has 5 nitrogen and oxygen atoms in total. The first-order valence-corrected chi connectivity index (χ1v) is 17.8. The molecule has 3 aromatic heterocycles. The van der Waals surface area contributed by atoms with Gasteiger partial charge in [-0.2, -0.15) is 0 Å². The second kappa shape index (κ2) is 13.6. The van der Waals surface area contributed by atoms with Gasteiger partial charge in [0.15, 0.2) is 11.6 Å². The Morgan fingerprint density at radius 3 is 2.09 bits per heavy atom. The van der Waals surface area contributed by atoms with E-state index in [4.69, 9.17) is 15.0 Å². The van der Waals surface area contributed by atoms with Crippen LogP contribution in [0.2, 0.25) is 0 Å². The minimum Gasteiger partial charge on any atom is -0.310 e. The number of fused-ring (bicyclic) bond motifs is 2. The van der Waals surface area contributed by atoms with Crippen molar-refractivity contribution in [2.75, 3.05) is 0 Å². The monoisotopic (exact) mass is 681 g/mol. The first-order valence-electron chi connectivity index (χ1n) is 17.8. The van der Waals surface area contributed by atoms with Crippen LogP contribution in [0.5, 0.6) is 0 Å². The van der Waals surface area contributed by atoms with E-state index >= 15 is 0 Å². The Kier molecular flexibility index (Phi) is 8.22. The van der Waals surface area contributed by atoms with E-state index < -0.39 is 0 Å². The highest BCUT2D eigenvalue weighted by atomic mass is 15.0. The van der Waals surface area contributed by atoms with Crippen molar-refractivity contribution in [2.24, 2.45) is 0 Å². The summed E-state index contributed by atoms with van der Waals surface area (Å²) in [6.07, 6.45) is 11.0. The average Bonchev–Trinajstić information content (AvgIpc) is 3.51. The van der Waals surface area contributed by atoms with Gasteiger partial charge in [-0.15, -0.1) is 0 Å². The minimum absolute atomic E-state index is 0.0230. The molecule has 0 N–H and O–H groups in total. The maximum absolute atomic E-state index is 5.13. The molecule has 53 heavy (non-hydrogen) atoms. The number of hydrogen-bond donors (Lipinski definition) is 0. The van der Waals surface area contributed by atoms with Crippen molar-refractivity contribution in [1.29, 1.82) is 0 Å². The van der Waals surface area contributed by atoms with Crippen LogP contribution in [-0.2, 0) is 0 Å². The van der Waals surface area contributed by atoms with Gasteiger partial charge in [0.25, 0.3) is 0 Å². The van der Waals surface area contributed by atoms with Crippen molar-refractivity contribution in [3.63, 3.8) is 0 Å². The van der Waals surface area contributed by atoms with Gasteiger partial charge in [0.2, 0.25) is 0 Å². The van der Waals surface area contributed by atoms with Crippen LogP contribution in [0.25, 0.3) is 74.8 Å². The second-order valence-corrected chi connectivity index (χ2v) is 13.3. The zero-order valence-corrected chi connectivity index (χ0v) is 29.1. The Labute approximate surface area is 308 Å². The van der Waals surface area contributed by atoms with Crippen LogP contribution < -0.4 is 10.6 Å². The van der Waals surface area contributed by atoms with Crippen molar-refractivity contribution in [3.05, 3.63) is 198 Å². The van der Waals surface area contributed by atoms with E-state index in [2.05, 4.69) is 168 Å². The SMILES string of the molecule is C=C(/C=c1\c(=C)n(-c2ccccc2)c2ccccc12)c1ccc(-c2nc(-c3ccc(-c4cccnc4)cc3)nc(C3CC=Cc4ccccc43)n2)cc1. The number of benzene rings is 5. The fourth-order valence-corrected chi connectivity index (χ4v) is 7.28. The third-order valence-electron chi connectivity index (χ3n) is 10.0. The first-order chi connectivity index (χ1) is 26.1. The van der Waals surface area contributed by atoms with Gasteiger partial charge >= 0.3 is 0 Å². The molecule has 8 aromatic rings. The molecule has 0 fully saturated rings. The zero-order chi connectivity index (χ0) is 35.7. The van der Waals surface area contributed by atoms with E-state index in [-0.39, 0.29) is 5.92 Å². The fourth-order valence-electron chi connectivity index (χ4n) is 7.28. The molecule has 0 saturated heterocycles. The molecule has 0 aliphatic heterocycles. The van der Waals surface area contributed by atoms with E-state index in [1.165, 1.54) is 11.1 Å². The number of para-hydroxylation sites is 2. The molecule has 9 rings (SSSR count). The Hall–Kier alpha value is -6.98. The van der Waals surface area contributed by atoms with E-state index in [0.29, 0.717) is 11.6 Å². The lowest BCUT2D eigenvalue weighted by Crippen LogP contribution is -2.26. The molecule has 0 bridgehead atoms. The lowest BCUT2D eigenvalue weighted by atomic mass is 9.86. The minimum atomic E-state index is 0.0230. The summed E-state index contributed by atoms with van der Waals surface area (Å²) in [6, 6.07) is 48.0. The van der Waals surface area contributed by atoms with Crippen molar-refractivity contribution in [1.82, 2.24) is 24.5 Å². The Morgan fingerprint density at radius 2 is 1.34 bits per heavy atom. The molecular weight excluding hydrogens is 647 g/mol. The quantitative estimate of drug-likeness (QED) is 0.168. The van der Waals surface area contributed by atoms with Gasteiger partial charge in [-0.1, -0.05) is 141 Å². The molecule has 1 atom stereocenters.